The van der Waals surface area contributed by atoms with Crippen molar-refractivity contribution in [2.75, 3.05) is 6.54 Å². The summed E-state index contributed by atoms with van der Waals surface area (Å²) in [7, 11) is 0. The first-order valence-corrected chi connectivity index (χ1v) is 9.86. The number of nitrogens with one attached hydrogen (secondary N) is 2. The molecule has 0 spiro atoms. The number of amides is 2. The number of aromatic nitrogens is 3. The molecule has 3 aromatic heterocycles. The van der Waals surface area contributed by atoms with Crippen molar-refractivity contribution >= 4 is 22.7 Å². The van der Waals surface area contributed by atoms with Crippen molar-refractivity contribution in [2.45, 2.75) is 25.6 Å². The molecule has 2 amide bonds. The zero-order valence-electron chi connectivity index (χ0n) is 16.2. The van der Waals surface area contributed by atoms with Gasteiger partial charge in [-0.05, 0) is 30.3 Å². The van der Waals surface area contributed by atoms with Crippen molar-refractivity contribution in [3.63, 3.8) is 0 Å². The lowest BCUT2D eigenvalue weighted by atomic mass is 10.1. The van der Waals surface area contributed by atoms with Crippen LogP contribution in [0.1, 0.15) is 34.4 Å². The maximum absolute atomic E-state index is 13.2. The van der Waals surface area contributed by atoms with E-state index in [1.807, 2.05) is 47.1 Å². The second kappa shape index (κ2) is 7.55. The zero-order valence-corrected chi connectivity index (χ0v) is 16.2. The molecule has 4 aromatic rings. The Morgan fingerprint density at radius 2 is 2.10 bits per heavy atom. The molecule has 0 saturated carbocycles. The van der Waals surface area contributed by atoms with E-state index in [1.165, 1.54) is 0 Å². The molecule has 1 aromatic carbocycles. The lowest BCUT2D eigenvalue weighted by molar-refractivity contribution is -0.122. The topological polar surface area (TPSA) is 96.2 Å². The van der Waals surface area contributed by atoms with Gasteiger partial charge in [0.05, 0.1) is 37.5 Å². The molecule has 0 bridgehead atoms. The molecule has 0 aliphatic carbocycles. The van der Waals surface area contributed by atoms with Crippen LogP contribution in [-0.4, -0.2) is 38.0 Å². The summed E-state index contributed by atoms with van der Waals surface area (Å²) in [4.78, 5) is 30.6. The number of hydrogen-bond donors (Lipinski definition) is 2. The van der Waals surface area contributed by atoms with Crippen LogP contribution in [0.2, 0.25) is 0 Å². The highest BCUT2D eigenvalue weighted by Crippen LogP contribution is 2.25. The first kappa shape index (κ1) is 18.2. The highest BCUT2D eigenvalue weighted by atomic mass is 16.3. The van der Waals surface area contributed by atoms with E-state index in [0.717, 1.165) is 16.6 Å². The Bertz CT molecular complexity index is 1160. The molecular formula is C22H21N5O3. The van der Waals surface area contributed by atoms with E-state index in [9.17, 15) is 9.59 Å². The lowest BCUT2D eigenvalue weighted by Gasteiger charge is -2.33. The number of rotatable bonds is 5. The second-order valence-electron chi connectivity index (χ2n) is 7.44. The summed E-state index contributed by atoms with van der Waals surface area (Å²) in [6, 6.07) is 14.9. The quantitative estimate of drug-likeness (QED) is 0.536. The van der Waals surface area contributed by atoms with Crippen molar-refractivity contribution in [1.82, 2.24) is 25.0 Å². The van der Waals surface area contributed by atoms with Gasteiger partial charge in [0.15, 0.2) is 0 Å². The summed E-state index contributed by atoms with van der Waals surface area (Å²) in [5.41, 5.74) is 2.39. The Balaban J connectivity index is 1.31. The van der Waals surface area contributed by atoms with E-state index >= 15 is 0 Å². The predicted molar refractivity (Wildman–Crippen MR) is 109 cm³/mol. The molecule has 2 N–H and O–H groups in total. The number of carbonyl (C=O) groups excluding carboxylic acids is 2. The fraction of sp³-hybridized carbons (Fsp3) is 0.227. The van der Waals surface area contributed by atoms with E-state index in [0.29, 0.717) is 31.1 Å². The van der Waals surface area contributed by atoms with Crippen molar-refractivity contribution in [3.05, 3.63) is 78.1 Å². The van der Waals surface area contributed by atoms with E-state index in [4.69, 9.17) is 4.42 Å². The molecule has 1 aliphatic heterocycles. The summed E-state index contributed by atoms with van der Waals surface area (Å²) in [6.45, 7) is 1.21. The predicted octanol–water partition coefficient (Wildman–Crippen LogP) is 2.86. The van der Waals surface area contributed by atoms with Crippen molar-refractivity contribution in [2.24, 2.45) is 0 Å². The summed E-state index contributed by atoms with van der Waals surface area (Å²) in [5, 5.41) is 8.24. The van der Waals surface area contributed by atoms with E-state index in [-0.39, 0.29) is 24.3 Å². The Kier molecular flexibility index (Phi) is 4.59. The number of para-hydroxylation sites is 1. The Morgan fingerprint density at radius 1 is 1.20 bits per heavy atom. The first-order chi connectivity index (χ1) is 14.7. The van der Waals surface area contributed by atoms with Crippen LogP contribution in [0.3, 0.4) is 0 Å². The molecule has 0 fully saturated rings. The fourth-order valence-electron chi connectivity index (χ4n) is 3.94. The molecule has 152 valence electrons. The van der Waals surface area contributed by atoms with Gasteiger partial charge in [0.1, 0.15) is 11.5 Å². The Hall–Kier alpha value is -3.81. The minimum absolute atomic E-state index is 0.0837. The van der Waals surface area contributed by atoms with Crippen LogP contribution in [-0.2, 0) is 17.9 Å². The van der Waals surface area contributed by atoms with E-state index < -0.39 is 0 Å². The van der Waals surface area contributed by atoms with Gasteiger partial charge >= 0.3 is 0 Å². The number of fused-ring (bicyclic) bond motifs is 2. The SMILES string of the molecule is O=C(C[C@H]1CN(C(=O)c2cc3ccccc3[nH]2)Cc2ccnn21)NCc1ccco1. The molecule has 8 nitrogen and oxygen atoms in total. The standard InChI is InChI=1S/C22H21N5O3/c28-21(23-12-18-5-3-9-30-18)11-17-14-26(13-16-7-8-24-27(16)17)22(29)20-10-15-4-1-2-6-19(15)25-20/h1-10,17,25H,11-14H2,(H,23,28)/t17-/m0/s1. The number of aromatic amines is 1. The summed E-state index contributed by atoms with van der Waals surface area (Å²) < 4.78 is 7.10. The largest absolute Gasteiger partial charge is 0.467 e. The normalized spacial score (nSPS) is 15.9. The van der Waals surface area contributed by atoms with Crippen molar-refractivity contribution < 1.29 is 14.0 Å². The lowest BCUT2D eigenvalue weighted by Crippen LogP contribution is -2.43. The maximum Gasteiger partial charge on any atom is 0.270 e. The molecule has 8 heteroatoms. The van der Waals surface area contributed by atoms with Gasteiger partial charge in [0.2, 0.25) is 5.91 Å². The third-order valence-corrected chi connectivity index (χ3v) is 5.39. The van der Waals surface area contributed by atoms with Gasteiger partial charge in [0, 0.05) is 23.6 Å². The summed E-state index contributed by atoms with van der Waals surface area (Å²) >= 11 is 0. The van der Waals surface area contributed by atoms with Gasteiger partial charge in [0.25, 0.3) is 5.91 Å². The fourth-order valence-corrected chi connectivity index (χ4v) is 3.94. The number of hydrogen-bond acceptors (Lipinski definition) is 4. The monoisotopic (exact) mass is 403 g/mol. The van der Waals surface area contributed by atoms with Crippen LogP contribution in [0, 0.1) is 0 Å². The Morgan fingerprint density at radius 3 is 2.93 bits per heavy atom. The van der Waals surface area contributed by atoms with Crippen LogP contribution in [0.15, 0.2) is 65.4 Å². The molecule has 1 aliphatic rings. The molecule has 0 radical (unpaired) electrons. The second-order valence-corrected chi connectivity index (χ2v) is 7.44. The van der Waals surface area contributed by atoms with Crippen LogP contribution >= 0.6 is 0 Å². The van der Waals surface area contributed by atoms with Crippen LogP contribution in [0.5, 0.6) is 0 Å². The highest BCUT2D eigenvalue weighted by Gasteiger charge is 2.31. The molecule has 1 atom stereocenters. The number of benzene rings is 1. The molecular weight excluding hydrogens is 382 g/mol. The smallest absolute Gasteiger partial charge is 0.270 e. The van der Waals surface area contributed by atoms with Crippen LogP contribution in [0.4, 0.5) is 0 Å². The van der Waals surface area contributed by atoms with E-state index in [2.05, 4.69) is 15.4 Å². The molecule has 4 heterocycles. The average molecular weight is 403 g/mol. The summed E-state index contributed by atoms with van der Waals surface area (Å²) in [5.74, 6) is 0.500. The molecule has 0 saturated heterocycles. The number of H-pyrrole nitrogens is 1. The minimum atomic E-state index is -0.228. The molecule has 30 heavy (non-hydrogen) atoms. The van der Waals surface area contributed by atoms with Gasteiger partial charge < -0.3 is 19.6 Å². The number of carbonyl (C=O) groups is 2. The number of nitrogens with zero attached hydrogens (tertiary/aromatic N) is 3. The summed E-state index contributed by atoms with van der Waals surface area (Å²) in [6.07, 6.45) is 3.51. The Labute approximate surface area is 172 Å². The van der Waals surface area contributed by atoms with Gasteiger partial charge in [-0.1, -0.05) is 18.2 Å². The van der Waals surface area contributed by atoms with E-state index in [1.54, 1.807) is 23.4 Å². The third kappa shape index (κ3) is 3.47. The van der Waals surface area contributed by atoms with Crippen molar-refractivity contribution in [3.8, 4) is 0 Å². The molecule has 0 unspecified atom stereocenters. The third-order valence-electron chi connectivity index (χ3n) is 5.39. The first-order valence-electron chi connectivity index (χ1n) is 9.86. The van der Waals surface area contributed by atoms with Gasteiger partial charge in [-0.25, -0.2) is 0 Å². The van der Waals surface area contributed by atoms with Gasteiger partial charge in [-0.15, -0.1) is 0 Å². The van der Waals surface area contributed by atoms with Crippen molar-refractivity contribution in [1.29, 1.82) is 0 Å². The van der Waals surface area contributed by atoms with Gasteiger partial charge in [-0.3, -0.25) is 14.3 Å². The maximum atomic E-state index is 13.2. The number of furan rings is 1. The average Bonchev–Trinajstić information content (AvgIpc) is 3.51. The van der Waals surface area contributed by atoms with Crippen LogP contribution < -0.4 is 5.32 Å². The van der Waals surface area contributed by atoms with Crippen LogP contribution in [0.25, 0.3) is 10.9 Å². The molecule has 5 rings (SSSR count). The zero-order chi connectivity index (χ0) is 20.5. The highest BCUT2D eigenvalue weighted by molar-refractivity contribution is 5.98. The minimum Gasteiger partial charge on any atom is -0.467 e. The van der Waals surface area contributed by atoms with Gasteiger partial charge in [-0.2, -0.15) is 5.10 Å².